The molecule has 0 aromatic rings. The minimum Gasteiger partial charge on any atom is -0.329 e. The van der Waals surface area contributed by atoms with Gasteiger partial charge in [-0.25, -0.2) is 0 Å². The summed E-state index contributed by atoms with van der Waals surface area (Å²) < 4.78 is 0. The van der Waals surface area contributed by atoms with Gasteiger partial charge in [0.05, 0.1) is 0 Å². The van der Waals surface area contributed by atoms with Gasteiger partial charge in [0.15, 0.2) is 0 Å². The Balaban J connectivity index is 1.46. The van der Waals surface area contributed by atoms with E-state index in [4.69, 9.17) is 5.73 Å². The summed E-state index contributed by atoms with van der Waals surface area (Å²) >= 11 is 0. The zero-order valence-corrected chi connectivity index (χ0v) is 13.5. The molecule has 0 saturated heterocycles. The summed E-state index contributed by atoms with van der Waals surface area (Å²) in [6, 6.07) is 0. The quantitative estimate of drug-likeness (QED) is 0.813. The molecule has 0 amide bonds. The molecule has 21 heavy (non-hydrogen) atoms. The average molecular weight is 288 g/mol. The summed E-state index contributed by atoms with van der Waals surface area (Å²) in [4.78, 5) is 2.98. The molecule has 0 aromatic heterocycles. The van der Waals surface area contributed by atoms with Gasteiger partial charge in [-0.15, -0.1) is 0 Å². The third-order valence-electron chi connectivity index (χ3n) is 7.82. The molecule has 6 aliphatic carbocycles. The van der Waals surface area contributed by atoms with Gasteiger partial charge in [0, 0.05) is 25.2 Å². The fraction of sp³-hybridized carbons (Fsp3) is 1.00. The Morgan fingerprint density at radius 1 is 0.762 bits per heavy atom. The summed E-state index contributed by atoms with van der Waals surface area (Å²) in [5, 5.41) is 0. The van der Waals surface area contributed by atoms with Crippen molar-refractivity contribution in [3.05, 3.63) is 0 Å². The second-order valence-corrected chi connectivity index (χ2v) is 9.29. The Labute approximate surface area is 129 Å². The molecule has 6 aliphatic rings. The van der Waals surface area contributed by atoms with Crippen molar-refractivity contribution >= 4 is 0 Å². The van der Waals surface area contributed by atoms with Crippen molar-refractivity contribution < 1.29 is 0 Å². The van der Waals surface area contributed by atoms with Gasteiger partial charge in [0.1, 0.15) is 0 Å². The lowest BCUT2D eigenvalue weighted by Gasteiger charge is -2.64. The summed E-state index contributed by atoms with van der Waals surface area (Å²) in [5.41, 5.74) is 6.96. The molecule has 0 spiro atoms. The van der Waals surface area contributed by atoms with Crippen LogP contribution >= 0.6 is 0 Å². The molecule has 0 aromatic carbocycles. The van der Waals surface area contributed by atoms with E-state index >= 15 is 0 Å². The minimum atomic E-state index is 0.415. The molecule has 6 rings (SSSR count). The van der Waals surface area contributed by atoms with Crippen molar-refractivity contribution in [1.29, 1.82) is 0 Å². The van der Waals surface area contributed by atoms with Gasteiger partial charge < -0.3 is 5.73 Å². The predicted molar refractivity (Wildman–Crippen MR) is 85.9 cm³/mol. The highest BCUT2D eigenvalue weighted by Gasteiger charge is 2.59. The predicted octanol–water partition coefficient (Wildman–Crippen LogP) is 3.26. The molecular formula is C19H32N2. The smallest absolute Gasteiger partial charge is 0.0388 e. The van der Waals surface area contributed by atoms with E-state index in [1.807, 2.05) is 0 Å². The van der Waals surface area contributed by atoms with E-state index in [1.165, 1.54) is 64.5 Å². The molecule has 4 bridgehead atoms. The van der Waals surface area contributed by atoms with Crippen molar-refractivity contribution in [3.63, 3.8) is 0 Å². The summed E-state index contributed by atoms with van der Waals surface area (Å²) in [6.45, 7) is 3.72. The number of hydrogen-bond donors (Lipinski definition) is 1. The Morgan fingerprint density at radius 3 is 1.62 bits per heavy atom. The molecule has 0 radical (unpaired) electrons. The Bertz CT molecular complexity index is 368. The van der Waals surface area contributed by atoms with E-state index in [0.717, 1.165) is 42.1 Å². The zero-order chi connectivity index (χ0) is 14.0. The van der Waals surface area contributed by atoms with E-state index in [0.29, 0.717) is 5.54 Å². The first-order chi connectivity index (χ1) is 10.3. The molecule has 0 atom stereocenters. The van der Waals surface area contributed by atoms with Crippen molar-refractivity contribution in [1.82, 2.24) is 4.90 Å². The second kappa shape index (κ2) is 4.71. The summed E-state index contributed by atoms with van der Waals surface area (Å²) in [6.07, 6.45) is 13.5. The first-order valence-corrected chi connectivity index (χ1v) is 9.73. The standard InChI is InChI=1S/C19H32N2/c20-12-19(21(10-13-1-2-13)11-14-3-4-14)17-6-15-5-16(8-17)9-18(19)7-15/h13-18H,1-12,20H2. The van der Waals surface area contributed by atoms with E-state index in [1.54, 1.807) is 6.42 Å². The monoisotopic (exact) mass is 288 g/mol. The highest BCUT2D eigenvalue weighted by molar-refractivity contribution is 5.13. The summed E-state index contributed by atoms with van der Waals surface area (Å²) in [7, 11) is 0. The van der Waals surface area contributed by atoms with E-state index in [2.05, 4.69) is 4.90 Å². The number of rotatable bonds is 6. The molecule has 0 heterocycles. The largest absolute Gasteiger partial charge is 0.329 e. The normalized spacial score (nSPS) is 48.3. The van der Waals surface area contributed by atoms with Crippen LogP contribution in [0.25, 0.3) is 0 Å². The molecule has 6 fully saturated rings. The molecule has 2 N–H and O–H groups in total. The van der Waals surface area contributed by atoms with Crippen LogP contribution in [0.15, 0.2) is 0 Å². The van der Waals surface area contributed by atoms with Gasteiger partial charge in [0.25, 0.3) is 0 Å². The van der Waals surface area contributed by atoms with Gasteiger partial charge in [-0.2, -0.15) is 0 Å². The first kappa shape index (κ1) is 13.4. The lowest BCUT2D eigenvalue weighted by atomic mass is 9.48. The Kier molecular flexibility index (Phi) is 3.00. The van der Waals surface area contributed by atoms with Crippen LogP contribution in [0.5, 0.6) is 0 Å². The van der Waals surface area contributed by atoms with Gasteiger partial charge in [0.2, 0.25) is 0 Å². The van der Waals surface area contributed by atoms with Crippen LogP contribution in [-0.2, 0) is 0 Å². The average Bonchev–Trinajstić information content (AvgIpc) is 3.34. The van der Waals surface area contributed by atoms with Crippen LogP contribution in [-0.4, -0.2) is 30.1 Å². The molecule has 118 valence electrons. The third-order valence-corrected chi connectivity index (χ3v) is 7.82. The second-order valence-electron chi connectivity index (χ2n) is 9.29. The van der Waals surface area contributed by atoms with Crippen LogP contribution in [0.2, 0.25) is 0 Å². The van der Waals surface area contributed by atoms with Crippen LogP contribution in [0.4, 0.5) is 0 Å². The lowest BCUT2D eigenvalue weighted by molar-refractivity contribution is -0.134. The maximum absolute atomic E-state index is 6.54. The summed E-state index contributed by atoms with van der Waals surface area (Å²) in [5.74, 6) is 6.05. The van der Waals surface area contributed by atoms with Crippen molar-refractivity contribution in [2.24, 2.45) is 41.2 Å². The zero-order valence-electron chi connectivity index (χ0n) is 13.5. The van der Waals surface area contributed by atoms with E-state index in [9.17, 15) is 0 Å². The maximum Gasteiger partial charge on any atom is 0.0388 e. The molecule has 0 aliphatic heterocycles. The van der Waals surface area contributed by atoms with E-state index in [-0.39, 0.29) is 0 Å². The molecule has 2 nitrogen and oxygen atoms in total. The number of nitrogens with zero attached hydrogens (tertiary/aromatic N) is 1. The first-order valence-electron chi connectivity index (χ1n) is 9.73. The van der Waals surface area contributed by atoms with Crippen LogP contribution in [0, 0.1) is 35.5 Å². The van der Waals surface area contributed by atoms with Crippen molar-refractivity contribution in [2.75, 3.05) is 19.6 Å². The third kappa shape index (κ3) is 2.12. The van der Waals surface area contributed by atoms with Crippen LogP contribution < -0.4 is 5.73 Å². The Morgan fingerprint density at radius 2 is 1.24 bits per heavy atom. The molecular weight excluding hydrogens is 256 g/mol. The highest BCUT2D eigenvalue weighted by atomic mass is 15.2. The number of nitrogens with two attached hydrogens (primary N) is 1. The van der Waals surface area contributed by atoms with Crippen molar-refractivity contribution in [3.8, 4) is 0 Å². The van der Waals surface area contributed by atoms with E-state index < -0.39 is 0 Å². The fourth-order valence-corrected chi connectivity index (χ4v) is 6.62. The van der Waals surface area contributed by atoms with Crippen LogP contribution in [0.3, 0.4) is 0 Å². The molecule has 6 saturated carbocycles. The maximum atomic E-state index is 6.54. The highest BCUT2D eigenvalue weighted by Crippen LogP contribution is 2.60. The SMILES string of the molecule is NCC1(N(CC2CC2)CC2CC2)C2CC3CC(C2)CC1C3. The van der Waals surface area contributed by atoms with Gasteiger partial charge >= 0.3 is 0 Å². The molecule has 0 unspecified atom stereocenters. The van der Waals surface area contributed by atoms with Gasteiger partial charge in [-0.05, 0) is 93.3 Å². The Hall–Kier alpha value is -0.0800. The van der Waals surface area contributed by atoms with Gasteiger partial charge in [-0.1, -0.05) is 0 Å². The topological polar surface area (TPSA) is 29.3 Å². The minimum absolute atomic E-state index is 0.415. The van der Waals surface area contributed by atoms with Crippen LogP contribution in [0.1, 0.15) is 57.8 Å². The van der Waals surface area contributed by atoms with Gasteiger partial charge in [-0.3, -0.25) is 4.90 Å². The molecule has 2 heteroatoms. The number of hydrogen-bond acceptors (Lipinski definition) is 2. The lowest BCUT2D eigenvalue weighted by Crippen LogP contribution is -2.69. The fourth-order valence-electron chi connectivity index (χ4n) is 6.62. The van der Waals surface area contributed by atoms with Crippen molar-refractivity contribution in [2.45, 2.75) is 63.3 Å².